The van der Waals surface area contributed by atoms with Crippen LogP contribution in [0.15, 0.2) is 4.52 Å². The standard InChI is InChI=1S/C13H20N4O2/c1-9-14-12(16-19-9)6-8-17-7-2-3-11(13(17)18)15-10-4-5-10/h10-11,15H,2-8H2,1H3. The Morgan fingerprint density at radius 3 is 2.95 bits per heavy atom. The smallest absolute Gasteiger partial charge is 0.239 e. The molecule has 19 heavy (non-hydrogen) atoms. The summed E-state index contributed by atoms with van der Waals surface area (Å²) in [6.45, 7) is 3.30. The molecule has 6 heteroatoms. The molecule has 3 rings (SSSR count). The minimum atomic E-state index is 0.0215. The first-order valence-electron chi connectivity index (χ1n) is 7.06. The van der Waals surface area contributed by atoms with Crippen LogP contribution in [0.25, 0.3) is 0 Å². The van der Waals surface area contributed by atoms with Crippen LogP contribution in [0.4, 0.5) is 0 Å². The summed E-state index contributed by atoms with van der Waals surface area (Å²) >= 11 is 0. The highest BCUT2D eigenvalue weighted by molar-refractivity contribution is 5.82. The number of nitrogens with zero attached hydrogens (tertiary/aromatic N) is 3. The molecule has 2 fully saturated rings. The minimum absolute atomic E-state index is 0.0215. The second-order valence-corrected chi connectivity index (χ2v) is 5.44. The molecular formula is C13H20N4O2. The fourth-order valence-electron chi connectivity index (χ4n) is 2.53. The van der Waals surface area contributed by atoms with Gasteiger partial charge in [0.05, 0.1) is 6.04 Å². The molecule has 1 unspecified atom stereocenters. The van der Waals surface area contributed by atoms with Crippen molar-refractivity contribution in [2.45, 2.75) is 51.1 Å². The Hall–Kier alpha value is -1.43. The quantitative estimate of drug-likeness (QED) is 0.846. The van der Waals surface area contributed by atoms with Crippen molar-refractivity contribution in [1.82, 2.24) is 20.4 Å². The predicted molar refractivity (Wildman–Crippen MR) is 68.5 cm³/mol. The van der Waals surface area contributed by atoms with E-state index in [2.05, 4.69) is 15.5 Å². The zero-order chi connectivity index (χ0) is 13.2. The summed E-state index contributed by atoms with van der Waals surface area (Å²) in [7, 11) is 0. The first-order valence-corrected chi connectivity index (χ1v) is 7.06. The second kappa shape index (κ2) is 5.28. The van der Waals surface area contributed by atoms with Crippen molar-refractivity contribution in [2.24, 2.45) is 0 Å². The largest absolute Gasteiger partial charge is 0.341 e. The number of carbonyl (C=O) groups is 1. The van der Waals surface area contributed by atoms with E-state index in [4.69, 9.17) is 4.52 Å². The van der Waals surface area contributed by atoms with Gasteiger partial charge in [-0.25, -0.2) is 0 Å². The van der Waals surface area contributed by atoms with Gasteiger partial charge >= 0.3 is 0 Å². The third-order valence-corrected chi connectivity index (χ3v) is 3.72. The molecule has 1 saturated carbocycles. The van der Waals surface area contributed by atoms with Gasteiger partial charge < -0.3 is 14.7 Å². The highest BCUT2D eigenvalue weighted by atomic mass is 16.5. The lowest BCUT2D eigenvalue weighted by Gasteiger charge is -2.32. The Kier molecular flexibility index (Phi) is 3.50. The summed E-state index contributed by atoms with van der Waals surface area (Å²) in [4.78, 5) is 18.4. The maximum Gasteiger partial charge on any atom is 0.239 e. The van der Waals surface area contributed by atoms with Crippen LogP contribution in [-0.2, 0) is 11.2 Å². The molecule has 1 aromatic rings. The number of rotatable bonds is 5. The lowest BCUT2D eigenvalue weighted by molar-refractivity contribution is -0.136. The highest BCUT2D eigenvalue weighted by Gasteiger charge is 2.33. The Bertz CT molecular complexity index is 455. The normalized spacial score (nSPS) is 23.9. The fourth-order valence-corrected chi connectivity index (χ4v) is 2.53. The number of carbonyl (C=O) groups excluding carboxylic acids is 1. The van der Waals surface area contributed by atoms with Crippen LogP contribution in [0.3, 0.4) is 0 Å². The molecule has 1 amide bonds. The molecule has 0 bridgehead atoms. The third kappa shape index (κ3) is 3.12. The van der Waals surface area contributed by atoms with E-state index in [1.54, 1.807) is 6.92 Å². The Labute approximate surface area is 112 Å². The molecule has 104 valence electrons. The van der Waals surface area contributed by atoms with Gasteiger partial charge in [-0.2, -0.15) is 4.98 Å². The summed E-state index contributed by atoms with van der Waals surface area (Å²) < 4.78 is 4.94. The van der Waals surface area contributed by atoms with Crippen LogP contribution in [0, 0.1) is 6.92 Å². The van der Waals surface area contributed by atoms with E-state index >= 15 is 0 Å². The number of likely N-dealkylation sites (tertiary alicyclic amines) is 1. The molecule has 0 spiro atoms. The van der Waals surface area contributed by atoms with Crippen LogP contribution in [0.5, 0.6) is 0 Å². The SMILES string of the molecule is Cc1nc(CCN2CCCC(NC3CC3)C2=O)no1. The van der Waals surface area contributed by atoms with Gasteiger partial charge in [-0.3, -0.25) is 4.79 Å². The molecule has 2 heterocycles. The number of hydrogen-bond donors (Lipinski definition) is 1. The van der Waals surface area contributed by atoms with Gasteiger partial charge in [-0.15, -0.1) is 0 Å². The number of piperidine rings is 1. The van der Waals surface area contributed by atoms with Gasteiger partial charge in [0.25, 0.3) is 0 Å². The average Bonchev–Trinajstić information content (AvgIpc) is 3.12. The van der Waals surface area contributed by atoms with Crippen molar-refractivity contribution >= 4 is 5.91 Å². The molecule has 1 aliphatic heterocycles. The van der Waals surface area contributed by atoms with Crippen molar-refractivity contribution in [1.29, 1.82) is 0 Å². The van der Waals surface area contributed by atoms with Crippen molar-refractivity contribution in [3.8, 4) is 0 Å². The van der Waals surface area contributed by atoms with Crippen LogP contribution >= 0.6 is 0 Å². The topological polar surface area (TPSA) is 71.3 Å². The van der Waals surface area contributed by atoms with Crippen LogP contribution < -0.4 is 5.32 Å². The van der Waals surface area contributed by atoms with Gasteiger partial charge in [-0.05, 0) is 25.7 Å². The summed E-state index contributed by atoms with van der Waals surface area (Å²) in [5, 5.41) is 7.30. The number of nitrogens with one attached hydrogen (secondary N) is 1. The van der Waals surface area contributed by atoms with Crippen molar-refractivity contribution in [3.63, 3.8) is 0 Å². The van der Waals surface area contributed by atoms with Crippen LogP contribution in [0.1, 0.15) is 37.4 Å². The monoisotopic (exact) mass is 264 g/mol. The van der Waals surface area contributed by atoms with Gasteiger partial charge in [0, 0.05) is 32.5 Å². The molecule has 0 aromatic carbocycles. The minimum Gasteiger partial charge on any atom is -0.341 e. The first kappa shape index (κ1) is 12.6. The molecule has 1 N–H and O–H groups in total. The zero-order valence-corrected chi connectivity index (χ0v) is 11.3. The maximum absolute atomic E-state index is 12.3. The lowest BCUT2D eigenvalue weighted by atomic mass is 10.0. The van der Waals surface area contributed by atoms with E-state index in [9.17, 15) is 4.79 Å². The molecule has 2 aliphatic rings. The fraction of sp³-hybridized carbons (Fsp3) is 0.769. The molecular weight excluding hydrogens is 244 g/mol. The lowest BCUT2D eigenvalue weighted by Crippen LogP contribution is -2.51. The van der Waals surface area contributed by atoms with E-state index in [0.29, 0.717) is 30.7 Å². The second-order valence-electron chi connectivity index (χ2n) is 5.44. The summed E-state index contributed by atoms with van der Waals surface area (Å²) in [5.74, 6) is 1.49. The van der Waals surface area contributed by atoms with Gasteiger partial charge in [-0.1, -0.05) is 5.16 Å². The van der Waals surface area contributed by atoms with E-state index in [-0.39, 0.29) is 11.9 Å². The molecule has 1 saturated heterocycles. The van der Waals surface area contributed by atoms with Gasteiger partial charge in [0.2, 0.25) is 11.8 Å². The number of hydrogen-bond acceptors (Lipinski definition) is 5. The molecule has 1 aromatic heterocycles. The number of aromatic nitrogens is 2. The zero-order valence-electron chi connectivity index (χ0n) is 11.3. The van der Waals surface area contributed by atoms with Crippen molar-refractivity contribution in [3.05, 3.63) is 11.7 Å². The van der Waals surface area contributed by atoms with E-state index in [0.717, 1.165) is 19.4 Å². The number of aryl methyl sites for hydroxylation is 1. The number of amides is 1. The average molecular weight is 264 g/mol. The van der Waals surface area contributed by atoms with Crippen LogP contribution in [0.2, 0.25) is 0 Å². The molecule has 1 atom stereocenters. The molecule has 0 radical (unpaired) electrons. The van der Waals surface area contributed by atoms with Gasteiger partial charge in [0.1, 0.15) is 0 Å². The summed E-state index contributed by atoms with van der Waals surface area (Å²) in [6.07, 6.45) is 5.13. The van der Waals surface area contributed by atoms with Crippen molar-refractivity contribution in [2.75, 3.05) is 13.1 Å². The summed E-state index contributed by atoms with van der Waals surface area (Å²) in [5.41, 5.74) is 0. The van der Waals surface area contributed by atoms with Gasteiger partial charge in [0.15, 0.2) is 5.82 Å². The predicted octanol–water partition coefficient (Wildman–Crippen LogP) is 0.664. The highest BCUT2D eigenvalue weighted by Crippen LogP contribution is 2.22. The van der Waals surface area contributed by atoms with E-state index in [1.165, 1.54) is 12.8 Å². The van der Waals surface area contributed by atoms with E-state index in [1.807, 2.05) is 4.90 Å². The summed E-state index contributed by atoms with van der Waals surface area (Å²) in [6, 6.07) is 0.599. The third-order valence-electron chi connectivity index (χ3n) is 3.72. The maximum atomic E-state index is 12.3. The molecule has 1 aliphatic carbocycles. The first-order chi connectivity index (χ1) is 9.22. The van der Waals surface area contributed by atoms with E-state index < -0.39 is 0 Å². The van der Waals surface area contributed by atoms with Crippen LogP contribution in [-0.4, -0.2) is 46.1 Å². The Balaban J connectivity index is 1.52. The Morgan fingerprint density at radius 1 is 1.42 bits per heavy atom. The molecule has 6 nitrogen and oxygen atoms in total. The Morgan fingerprint density at radius 2 is 2.26 bits per heavy atom. The van der Waals surface area contributed by atoms with Crippen molar-refractivity contribution < 1.29 is 9.32 Å².